The number of rotatable bonds is 5. The summed E-state index contributed by atoms with van der Waals surface area (Å²) in [7, 11) is 0. The van der Waals surface area contributed by atoms with E-state index < -0.39 is 11.9 Å². The highest BCUT2D eigenvalue weighted by Gasteiger charge is 2.37. The Kier molecular flexibility index (Phi) is 5.61. The van der Waals surface area contributed by atoms with Gasteiger partial charge in [-0.3, -0.25) is 4.79 Å². The quantitative estimate of drug-likeness (QED) is 0.420. The van der Waals surface area contributed by atoms with Gasteiger partial charge in [0.25, 0.3) is 5.89 Å². The Balaban J connectivity index is 1.17. The lowest BCUT2D eigenvalue weighted by Crippen LogP contribution is -2.37. The van der Waals surface area contributed by atoms with Crippen molar-refractivity contribution >= 4 is 11.6 Å². The number of fused-ring (bicyclic) bond motifs is 2. The number of benzene rings is 1. The van der Waals surface area contributed by atoms with Gasteiger partial charge in [0.1, 0.15) is 17.8 Å². The molecule has 2 aliphatic rings. The molecule has 0 bridgehead atoms. The van der Waals surface area contributed by atoms with Crippen molar-refractivity contribution in [2.24, 2.45) is 0 Å². The van der Waals surface area contributed by atoms with E-state index in [9.17, 15) is 18.0 Å². The lowest BCUT2D eigenvalue weighted by Gasteiger charge is -2.24. The van der Waals surface area contributed by atoms with Crippen molar-refractivity contribution in [1.82, 2.24) is 35.5 Å². The molecule has 2 N–H and O–H groups in total. The number of anilines is 1. The van der Waals surface area contributed by atoms with Crippen LogP contribution in [-0.2, 0) is 43.2 Å². The average molecular weight is 510 g/mol. The molecule has 0 saturated heterocycles. The highest BCUT2D eigenvalue weighted by molar-refractivity contribution is 5.78. The number of pyridine rings is 1. The summed E-state index contributed by atoms with van der Waals surface area (Å²) in [6.45, 7) is 0.777. The number of aromatic nitrogens is 6. The molecule has 3 aromatic heterocycles. The SMILES string of the molecule is O=C(Cc1nnc(-c2ccc(NC3Cc4ccccc4C3)c(C(F)(F)F)n2)o1)N1CCc2n[nH]nc2C1. The molecule has 0 radical (unpaired) electrons. The monoisotopic (exact) mass is 510 g/mol. The van der Waals surface area contributed by atoms with E-state index in [0.717, 1.165) is 16.8 Å². The van der Waals surface area contributed by atoms with Crippen LogP contribution in [-0.4, -0.2) is 54.0 Å². The highest BCUT2D eigenvalue weighted by Crippen LogP contribution is 2.36. The average Bonchev–Trinajstić information content (AvgIpc) is 3.62. The fourth-order valence-electron chi connectivity index (χ4n) is 4.78. The molecule has 1 aromatic carbocycles. The van der Waals surface area contributed by atoms with Crippen LogP contribution < -0.4 is 5.32 Å². The Morgan fingerprint density at radius 1 is 1.08 bits per heavy atom. The number of carbonyl (C=O) groups is 1. The van der Waals surface area contributed by atoms with Crippen LogP contribution >= 0.6 is 0 Å². The maximum absolute atomic E-state index is 13.9. The van der Waals surface area contributed by atoms with Crippen LogP contribution in [0.5, 0.6) is 0 Å². The first-order valence-corrected chi connectivity index (χ1v) is 11.7. The lowest BCUT2D eigenvalue weighted by atomic mass is 10.1. The number of nitrogens with one attached hydrogen (secondary N) is 2. The van der Waals surface area contributed by atoms with Crippen molar-refractivity contribution in [3.63, 3.8) is 0 Å². The zero-order valence-corrected chi connectivity index (χ0v) is 19.4. The van der Waals surface area contributed by atoms with Crippen molar-refractivity contribution in [1.29, 1.82) is 0 Å². The van der Waals surface area contributed by atoms with Gasteiger partial charge >= 0.3 is 6.18 Å². The van der Waals surface area contributed by atoms with Gasteiger partial charge in [-0.1, -0.05) is 24.3 Å². The fraction of sp³-hybridized carbons (Fsp3) is 0.333. The summed E-state index contributed by atoms with van der Waals surface area (Å²) in [5.41, 5.74) is 2.48. The highest BCUT2D eigenvalue weighted by atomic mass is 19.4. The van der Waals surface area contributed by atoms with Crippen LogP contribution in [0.25, 0.3) is 11.6 Å². The number of nitrogens with zero attached hydrogens (tertiary/aromatic N) is 6. The second-order valence-corrected chi connectivity index (χ2v) is 9.07. The first kappa shape index (κ1) is 23.1. The van der Waals surface area contributed by atoms with Gasteiger partial charge in [0.2, 0.25) is 11.8 Å². The molecule has 1 amide bonds. The minimum atomic E-state index is -4.70. The normalized spacial score (nSPS) is 15.5. The van der Waals surface area contributed by atoms with Crippen molar-refractivity contribution in [2.45, 2.75) is 44.4 Å². The van der Waals surface area contributed by atoms with Gasteiger partial charge in [-0.25, -0.2) is 4.98 Å². The topological polar surface area (TPSA) is 126 Å². The van der Waals surface area contributed by atoms with E-state index in [1.165, 1.54) is 12.1 Å². The summed E-state index contributed by atoms with van der Waals surface area (Å²) in [6.07, 6.45) is -3.05. The third-order valence-corrected chi connectivity index (χ3v) is 6.58. The van der Waals surface area contributed by atoms with Crippen LogP contribution in [0.3, 0.4) is 0 Å². The molecular formula is C24H21F3N8O2. The standard InChI is InChI=1S/C24H21F3N8O2/c25-24(26,27)22-17(28-15-9-13-3-1-2-4-14(13)10-15)5-6-18(29-22)23-33-32-20(37-23)11-21(36)35-8-7-16-19(12-35)31-34-30-16/h1-6,15,28H,7-12H2,(H,30,31,34). The number of carbonyl (C=O) groups excluding carboxylic acids is 1. The number of alkyl halides is 3. The largest absolute Gasteiger partial charge is 0.435 e. The molecule has 0 fully saturated rings. The maximum Gasteiger partial charge on any atom is 0.435 e. The van der Waals surface area contributed by atoms with E-state index in [2.05, 4.69) is 35.9 Å². The predicted molar refractivity (Wildman–Crippen MR) is 123 cm³/mol. The number of amides is 1. The third kappa shape index (κ3) is 4.63. The summed E-state index contributed by atoms with van der Waals surface area (Å²) < 4.78 is 47.3. The molecule has 0 saturated carbocycles. The minimum absolute atomic E-state index is 0.00719. The Bertz CT molecular complexity index is 1440. The van der Waals surface area contributed by atoms with Gasteiger partial charge < -0.3 is 14.6 Å². The van der Waals surface area contributed by atoms with Crippen LogP contribution in [0.4, 0.5) is 18.9 Å². The van der Waals surface area contributed by atoms with Gasteiger partial charge in [-0.2, -0.15) is 28.6 Å². The zero-order chi connectivity index (χ0) is 25.6. The first-order valence-electron chi connectivity index (χ1n) is 11.7. The van der Waals surface area contributed by atoms with E-state index in [-0.39, 0.29) is 41.5 Å². The molecule has 190 valence electrons. The molecule has 4 aromatic rings. The van der Waals surface area contributed by atoms with Crippen molar-refractivity contribution in [3.8, 4) is 11.6 Å². The van der Waals surface area contributed by atoms with Gasteiger partial charge in [-0.15, -0.1) is 10.2 Å². The van der Waals surface area contributed by atoms with Crippen molar-refractivity contribution in [3.05, 3.63) is 70.5 Å². The van der Waals surface area contributed by atoms with Crippen LogP contribution in [0.15, 0.2) is 40.8 Å². The minimum Gasteiger partial charge on any atom is -0.419 e. The molecule has 0 spiro atoms. The summed E-state index contributed by atoms with van der Waals surface area (Å²) >= 11 is 0. The van der Waals surface area contributed by atoms with Gasteiger partial charge in [0.05, 0.1) is 17.9 Å². The zero-order valence-electron chi connectivity index (χ0n) is 19.4. The molecular weight excluding hydrogens is 489 g/mol. The Labute approximate surface area is 208 Å². The van der Waals surface area contributed by atoms with E-state index in [1.54, 1.807) is 4.90 Å². The smallest absolute Gasteiger partial charge is 0.419 e. The molecule has 10 nitrogen and oxygen atoms in total. The molecule has 4 heterocycles. The first-order chi connectivity index (χ1) is 17.8. The summed E-state index contributed by atoms with van der Waals surface area (Å²) in [5, 5.41) is 21.3. The molecule has 37 heavy (non-hydrogen) atoms. The summed E-state index contributed by atoms with van der Waals surface area (Å²) in [4.78, 5) is 18.1. The molecule has 6 rings (SSSR count). The number of hydrogen-bond donors (Lipinski definition) is 2. The molecule has 13 heteroatoms. The Morgan fingerprint density at radius 3 is 2.59 bits per heavy atom. The summed E-state index contributed by atoms with van der Waals surface area (Å²) in [6, 6.07) is 10.4. The fourth-order valence-corrected chi connectivity index (χ4v) is 4.78. The number of H-pyrrole nitrogens is 1. The molecule has 0 atom stereocenters. The summed E-state index contributed by atoms with van der Waals surface area (Å²) in [5.74, 6) is -0.456. The lowest BCUT2D eigenvalue weighted by molar-refractivity contribution is -0.140. The second-order valence-electron chi connectivity index (χ2n) is 9.07. The van der Waals surface area contributed by atoms with Crippen molar-refractivity contribution in [2.75, 3.05) is 11.9 Å². The van der Waals surface area contributed by atoms with Crippen LogP contribution in [0, 0.1) is 0 Å². The molecule has 1 aliphatic carbocycles. The second kappa shape index (κ2) is 8.98. The van der Waals surface area contributed by atoms with E-state index in [1.807, 2.05) is 24.3 Å². The van der Waals surface area contributed by atoms with Gasteiger partial charge in [0, 0.05) is 19.0 Å². The van der Waals surface area contributed by atoms with Gasteiger partial charge in [0.15, 0.2) is 5.69 Å². The number of aromatic amines is 1. The van der Waals surface area contributed by atoms with Crippen LogP contribution in [0.2, 0.25) is 0 Å². The van der Waals surface area contributed by atoms with Crippen molar-refractivity contribution < 1.29 is 22.4 Å². The molecule has 0 unspecified atom stereocenters. The van der Waals surface area contributed by atoms with Gasteiger partial charge in [-0.05, 0) is 36.1 Å². The van der Waals surface area contributed by atoms with E-state index in [4.69, 9.17) is 4.42 Å². The predicted octanol–water partition coefficient (Wildman–Crippen LogP) is 2.98. The Hall–Kier alpha value is -4.29. The Morgan fingerprint density at radius 2 is 1.84 bits per heavy atom. The third-order valence-electron chi connectivity index (χ3n) is 6.58. The number of halogens is 3. The van der Waals surface area contributed by atoms with E-state index in [0.29, 0.717) is 38.0 Å². The van der Waals surface area contributed by atoms with E-state index >= 15 is 0 Å². The molecule has 1 aliphatic heterocycles. The maximum atomic E-state index is 13.9. The van der Waals surface area contributed by atoms with Crippen LogP contribution in [0.1, 0.15) is 34.1 Å². The number of hydrogen-bond acceptors (Lipinski definition) is 8.